The molecule has 0 aliphatic heterocycles. The highest BCUT2D eigenvalue weighted by molar-refractivity contribution is 7.99. The van der Waals surface area contributed by atoms with Gasteiger partial charge in [-0.1, -0.05) is 41.6 Å². The van der Waals surface area contributed by atoms with Crippen LogP contribution in [-0.2, 0) is 23.0 Å². The maximum atomic E-state index is 12.7. The summed E-state index contributed by atoms with van der Waals surface area (Å²) in [6.07, 6.45) is 2.94. The summed E-state index contributed by atoms with van der Waals surface area (Å²) in [5, 5.41) is 11.1. The number of benzene rings is 2. The van der Waals surface area contributed by atoms with Crippen LogP contribution in [0, 0.1) is 0 Å². The van der Waals surface area contributed by atoms with Crippen molar-refractivity contribution in [3.63, 3.8) is 0 Å². The number of sulfonamides is 1. The fourth-order valence-electron chi connectivity index (χ4n) is 3.58. The van der Waals surface area contributed by atoms with Gasteiger partial charge in [-0.3, -0.25) is 0 Å². The molecule has 2 aromatic carbocycles. The van der Waals surface area contributed by atoms with E-state index in [0.29, 0.717) is 17.4 Å². The lowest BCUT2D eigenvalue weighted by molar-refractivity contribution is 0.539. The van der Waals surface area contributed by atoms with Crippen LogP contribution in [0.4, 0.5) is 0 Å². The molecule has 1 atom stereocenters. The van der Waals surface area contributed by atoms with Crippen molar-refractivity contribution in [2.75, 3.05) is 5.75 Å². The Morgan fingerprint density at radius 1 is 1.16 bits per heavy atom. The number of aromatic amines is 1. The van der Waals surface area contributed by atoms with Crippen LogP contribution in [0.25, 0.3) is 10.9 Å². The van der Waals surface area contributed by atoms with E-state index in [1.807, 2.05) is 23.6 Å². The zero-order valence-corrected chi connectivity index (χ0v) is 20.1. The molecule has 0 amide bonds. The number of halogens is 1. The summed E-state index contributed by atoms with van der Waals surface area (Å²) in [4.78, 5) is 3.46. The zero-order chi connectivity index (χ0) is 22.7. The topological polar surface area (TPSA) is 92.7 Å². The maximum Gasteiger partial charge on any atom is 0.241 e. The van der Waals surface area contributed by atoms with Gasteiger partial charge in [0, 0.05) is 34.4 Å². The first-order valence-electron chi connectivity index (χ1n) is 10.3. The number of fused-ring (bicyclic) bond motifs is 1. The van der Waals surface area contributed by atoms with E-state index < -0.39 is 16.1 Å². The molecule has 0 saturated heterocycles. The maximum absolute atomic E-state index is 12.7. The van der Waals surface area contributed by atoms with Gasteiger partial charge in [0.05, 0.1) is 10.9 Å². The number of nitrogens with one attached hydrogen (secondary N) is 2. The van der Waals surface area contributed by atoms with Crippen molar-refractivity contribution < 1.29 is 8.42 Å². The summed E-state index contributed by atoms with van der Waals surface area (Å²) in [7, 11) is -3.71. The van der Waals surface area contributed by atoms with Crippen molar-refractivity contribution in [2.24, 2.45) is 0 Å². The Labute approximate surface area is 196 Å². The second-order valence-corrected chi connectivity index (χ2v) is 10.6. The Balaban J connectivity index is 1.44. The lowest BCUT2D eigenvalue weighted by Gasteiger charge is -2.15. The molecule has 0 aliphatic carbocycles. The normalized spacial score (nSPS) is 13.0. The van der Waals surface area contributed by atoms with Gasteiger partial charge in [-0.2, -0.15) is 0 Å². The van der Waals surface area contributed by atoms with Crippen molar-refractivity contribution >= 4 is 44.3 Å². The number of hydrogen-bond acceptors (Lipinski definition) is 5. The second-order valence-electron chi connectivity index (χ2n) is 7.34. The van der Waals surface area contributed by atoms with Crippen LogP contribution >= 0.6 is 23.4 Å². The number of rotatable bonds is 9. The van der Waals surface area contributed by atoms with Crippen molar-refractivity contribution in [1.82, 2.24) is 24.5 Å². The van der Waals surface area contributed by atoms with Crippen LogP contribution in [-0.4, -0.2) is 33.9 Å². The average molecular weight is 490 g/mol. The third-order valence-corrected chi connectivity index (χ3v) is 7.96. The van der Waals surface area contributed by atoms with Gasteiger partial charge in [0.2, 0.25) is 10.0 Å². The fourth-order valence-corrected chi connectivity index (χ4v) is 5.89. The van der Waals surface area contributed by atoms with Crippen LogP contribution in [0.2, 0.25) is 5.02 Å². The summed E-state index contributed by atoms with van der Waals surface area (Å²) in [6.45, 7) is 4.41. The smallest absolute Gasteiger partial charge is 0.241 e. The third-order valence-electron chi connectivity index (χ3n) is 5.18. The fraction of sp³-hybridized carbons (Fsp3) is 0.273. The van der Waals surface area contributed by atoms with Crippen LogP contribution < -0.4 is 4.72 Å². The first kappa shape index (κ1) is 22.8. The summed E-state index contributed by atoms with van der Waals surface area (Å²) in [6, 6.07) is 13.8. The van der Waals surface area contributed by atoms with Crippen LogP contribution in [0.5, 0.6) is 0 Å². The number of aryl methyl sites for hydroxylation is 1. The van der Waals surface area contributed by atoms with Crippen molar-refractivity contribution in [3.05, 3.63) is 71.1 Å². The minimum absolute atomic E-state index is 0.157. The number of nitrogens with zero attached hydrogens (tertiary/aromatic N) is 3. The Hall–Kier alpha value is -2.33. The van der Waals surface area contributed by atoms with Crippen LogP contribution in [0.15, 0.2) is 64.8 Å². The highest BCUT2D eigenvalue weighted by Crippen LogP contribution is 2.25. The molecule has 0 radical (unpaired) electrons. The molecule has 7 nitrogen and oxygen atoms in total. The van der Waals surface area contributed by atoms with Gasteiger partial charge in [0.25, 0.3) is 0 Å². The Morgan fingerprint density at radius 2 is 1.91 bits per heavy atom. The molecule has 0 fully saturated rings. The van der Waals surface area contributed by atoms with Crippen molar-refractivity contribution in [2.45, 2.75) is 42.9 Å². The van der Waals surface area contributed by atoms with E-state index in [0.717, 1.165) is 22.8 Å². The number of para-hydroxylation sites is 1. The van der Waals surface area contributed by atoms with Gasteiger partial charge in [-0.25, -0.2) is 13.1 Å². The predicted molar refractivity (Wildman–Crippen MR) is 129 cm³/mol. The predicted octanol–water partition coefficient (Wildman–Crippen LogP) is 4.81. The molecule has 168 valence electrons. The SMILES string of the molecule is CCn1c(SCCc2c[nH]c3ccccc23)nnc1[C@@H](C)NS(=O)(=O)c1ccc(Cl)cc1. The summed E-state index contributed by atoms with van der Waals surface area (Å²) in [5.41, 5.74) is 2.40. The molecular weight excluding hydrogens is 466 g/mol. The first-order valence-corrected chi connectivity index (χ1v) is 13.1. The lowest BCUT2D eigenvalue weighted by Crippen LogP contribution is -2.29. The van der Waals surface area contributed by atoms with E-state index in [-0.39, 0.29) is 4.90 Å². The van der Waals surface area contributed by atoms with Gasteiger partial charge in [-0.05, 0) is 56.2 Å². The quantitative estimate of drug-likeness (QED) is 0.329. The highest BCUT2D eigenvalue weighted by atomic mass is 35.5. The monoisotopic (exact) mass is 489 g/mol. The minimum Gasteiger partial charge on any atom is -0.361 e. The molecule has 2 heterocycles. The van der Waals surface area contributed by atoms with E-state index in [1.165, 1.54) is 23.1 Å². The van der Waals surface area contributed by atoms with Crippen LogP contribution in [0.3, 0.4) is 0 Å². The number of hydrogen-bond donors (Lipinski definition) is 2. The van der Waals surface area contributed by atoms with Crippen molar-refractivity contribution in [3.8, 4) is 0 Å². The lowest BCUT2D eigenvalue weighted by atomic mass is 10.1. The molecule has 4 aromatic rings. The summed E-state index contributed by atoms with van der Waals surface area (Å²) < 4.78 is 30.1. The Morgan fingerprint density at radius 3 is 2.66 bits per heavy atom. The highest BCUT2D eigenvalue weighted by Gasteiger charge is 2.23. The molecule has 0 bridgehead atoms. The minimum atomic E-state index is -3.71. The van der Waals surface area contributed by atoms with E-state index in [4.69, 9.17) is 11.6 Å². The molecule has 0 aliphatic rings. The van der Waals surface area contributed by atoms with Gasteiger partial charge >= 0.3 is 0 Å². The van der Waals surface area contributed by atoms with E-state index in [2.05, 4.69) is 38.2 Å². The number of thioether (sulfide) groups is 1. The van der Waals surface area contributed by atoms with Gasteiger partial charge in [0.1, 0.15) is 0 Å². The molecule has 0 saturated carbocycles. The molecule has 4 rings (SSSR count). The van der Waals surface area contributed by atoms with Gasteiger partial charge in [-0.15, -0.1) is 10.2 Å². The van der Waals surface area contributed by atoms with E-state index in [9.17, 15) is 8.42 Å². The number of aromatic nitrogens is 4. The zero-order valence-electron chi connectivity index (χ0n) is 17.7. The van der Waals surface area contributed by atoms with E-state index >= 15 is 0 Å². The average Bonchev–Trinajstić information content (AvgIpc) is 3.38. The molecule has 0 spiro atoms. The second kappa shape index (κ2) is 9.66. The largest absolute Gasteiger partial charge is 0.361 e. The molecule has 2 aromatic heterocycles. The molecule has 0 unspecified atom stereocenters. The van der Waals surface area contributed by atoms with Crippen molar-refractivity contribution in [1.29, 1.82) is 0 Å². The van der Waals surface area contributed by atoms with Gasteiger partial charge in [0.15, 0.2) is 11.0 Å². The Bertz CT molecular complexity index is 1320. The Kier molecular flexibility index (Phi) is 6.90. The number of H-pyrrole nitrogens is 1. The molecule has 32 heavy (non-hydrogen) atoms. The van der Waals surface area contributed by atoms with Gasteiger partial charge < -0.3 is 9.55 Å². The summed E-state index contributed by atoms with van der Waals surface area (Å²) >= 11 is 7.48. The molecule has 2 N–H and O–H groups in total. The first-order chi connectivity index (χ1) is 15.4. The van der Waals surface area contributed by atoms with Crippen LogP contribution in [0.1, 0.15) is 31.3 Å². The third kappa shape index (κ3) is 4.85. The summed E-state index contributed by atoms with van der Waals surface area (Å²) in [5.74, 6) is 1.42. The molecular formula is C22H24ClN5O2S2. The molecule has 10 heteroatoms. The van der Waals surface area contributed by atoms with E-state index in [1.54, 1.807) is 30.8 Å². The standard InChI is InChI=1S/C22H24ClN5O2S2/c1-3-28-21(15(2)27-32(29,30)18-10-8-17(23)9-11-18)25-26-22(28)31-13-12-16-14-24-20-7-5-4-6-19(16)20/h4-11,14-15,24,27H,3,12-13H2,1-2H3/t15-/m1/s1.